The van der Waals surface area contributed by atoms with Crippen LogP contribution in [0.15, 0.2) is 36.5 Å². The Labute approximate surface area is 156 Å². The van der Waals surface area contributed by atoms with E-state index in [4.69, 9.17) is 5.11 Å². The molecule has 1 saturated carbocycles. The number of benzene rings is 1. The van der Waals surface area contributed by atoms with E-state index in [0.717, 1.165) is 37.0 Å². The van der Waals surface area contributed by atoms with Crippen LogP contribution in [0.1, 0.15) is 42.5 Å². The minimum atomic E-state index is -1.25. The van der Waals surface area contributed by atoms with Gasteiger partial charge in [-0.25, -0.2) is 9.59 Å². The average Bonchev–Trinajstić information content (AvgIpc) is 2.62. The van der Waals surface area contributed by atoms with Crippen LogP contribution in [0.4, 0.5) is 10.5 Å². The molecule has 2 aliphatic rings. The third kappa shape index (κ3) is 3.84. The molecule has 1 heterocycles. The molecule has 3 N–H and O–H groups in total. The molecule has 0 unspecified atom stereocenters. The van der Waals surface area contributed by atoms with E-state index >= 15 is 0 Å². The number of rotatable bonds is 5. The Balaban J connectivity index is 1.79. The quantitative estimate of drug-likeness (QED) is 0.684. The zero-order valence-electron chi connectivity index (χ0n) is 14.7. The molecule has 1 aromatic rings. The molecule has 0 spiro atoms. The molecule has 1 saturated heterocycles. The highest BCUT2D eigenvalue weighted by Gasteiger charge is 2.45. The van der Waals surface area contributed by atoms with Gasteiger partial charge in [0.25, 0.3) is 0 Å². The summed E-state index contributed by atoms with van der Waals surface area (Å²) in [7, 11) is 0. The van der Waals surface area contributed by atoms with Crippen molar-refractivity contribution in [2.45, 2.75) is 38.1 Å². The fourth-order valence-electron chi connectivity index (χ4n) is 3.57. The van der Waals surface area contributed by atoms with Crippen LogP contribution < -0.4 is 10.6 Å². The number of hydrogen-bond donors (Lipinski definition) is 3. The molecule has 0 bridgehead atoms. The summed E-state index contributed by atoms with van der Waals surface area (Å²) in [4.78, 5) is 49.6. The fourth-order valence-corrected chi connectivity index (χ4v) is 3.57. The first kappa shape index (κ1) is 18.6. The third-order valence-electron chi connectivity index (χ3n) is 4.90. The monoisotopic (exact) mass is 371 g/mol. The normalized spacial score (nSPS) is 21.0. The topological polar surface area (TPSA) is 116 Å². The number of aromatic carboxylic acids is 1. The van der Waals surface area contributed by atoms with Gasteiger partial charge in [0.1, 0.15) is 0 Å². The number of carbonyl (C=O) groups excluding carboxylic acids is 3. The second-order valence-corrected chi connectivity index (χ2v) is 6.76. The van der Waals surface area contributed by atoms with Crippen LogP contribution in [-0.2, 0) is 9.59 Å². The number of barbiturate groups is 1. The van der Waals surface area contributed by atoms with Crippen molar-refractivity contribution < 1.29 is 24.3 Å². The average molecular weight is 371 g/mol. The number of carboxylic acids is 1. The Morgan fingerprint density at radius 1 is 1.19 bits per heavy atom. The summed E-state index contributed by atoms with van der Waals surface area (Å²) >= 11 is 0. The maximum absolute atomic E-state index is 12.9. The summed E-state index contributed by atoms with van der Waals surface area (Å²) in [6, 6.07) is 5.05. The highest BCUT2D eigenvalue weighted by Crippen LogP contribution is 2.28. The van der Waals surface area contributed by atoms with Crippen LogP contribution in [0.25, 0.3) is 0 Å². The first-order valence-electron chi connectivity index (χ1n) is 8.85. The maximum Gasteiger partial charge on any atom is 0.335 e. The van der Waals surface area contributed by atoms with Gasteiger partial charge >= 0.3 is 12.0 Å². The number of anilines is 1. The lowest BCUT2D eigenvalue weighted by Crippen LogP contribution is -2.61. The van der Waals surface area contributed by atoms with E-state index in [2.05, 4.69) is 17.2 Å². The van der Waals surface area contributed by atoms with Crippen molar-refractivity contribution in [1.82, 2.24) is 10.2 Å². The van der Waals surface area contributed by atoms with Gasteiger partial charge in [-0.3, -0.25) is 19.8 Å². The Morgan fingerprint density at radius 3 is 2.56 bits per heavy atom. The zero-order valence-corrected chi connectivity index (χ0v) is 14.7. The van der Waals surface area contributed by atoms with E-state index in [-0.39, 0.29) is 17.3 Å². The van der Waals surface area contributed by atoms with Gasteiger partial charge < -0.3 is 10.4 Å². The predicted octanol–water partition coefficient (Wildman–Crippen LogP) is 2.34. The minimum absolute atomic E-state index is 0.0613. The summed E-state index contributed by atoms with van der Waals surface area (Å²) in [5, 5.41) is 14.1. The van der Waals surface area contributed by atoms with Crippen molar-refractivity contribution >= 4 is 29.5 Å². The molecule has 3 rings (SSSR count). The molecule has 2 fully saturated rings. The molecule has 8 nitrogen and oxygen atoms in total. The van der Waals surface area contributed by atoms with Crippen LogP contribution in [0.3, 0.4) is 0 Å². The predicted molar refractivity (Wildman–Crippen MR) is 96.9 cm³/mol. The number of nitrogens with zero attached hydrogens (tertiary/aromatic N) is 1. The first-order chi connectivity index (χ1) is 12.9. The van der Waals surface area contributed by atoms with E-state index in [1.54, 1.807) is 12.1 Å². The van der Waals surface area contributed by atoms with Gasteiger partial charge in [0.15, 0.2) is 5.92 Å². The lowest BCUT2D eigenvalue weighted by Gasteiger charge is -2.38. The van der Waals surface area contributed by atoms with Crippen LogP contribution in [-0.4, -0.2) is 39.9 Å². The number of hydrogen-bond acceptors (Lipinski definition) is 5. The molecule has 1 atom stereocenters. The second-order valence-electron chi connectivity index (χ2n) is 6.76. The number of nitrogens with one attached hydrogen (secondary N) is 2. The van der Waals surface area contributed by atoms with E-state index in [0.29, 0.717) is 5.69 Å². The number of imide groups is 2. The number of carbonyl (C=O) groups is 4. The van der Waals surface area contributed by atoms with E-state index in [1.165, 1.54) is 12.1 Å². The Kier molecular flexibility index (Phi) is 5.25. The van der Waals surface area contributed by atoms with E-state index in [9.17, 15) is 19.2 Å². The molecule has 142 valence electrons. The Morgan fingerprint density at radius 2 is 1.89 bits per heavy atom. The van der Waals surface area contributed by atoms with Gasteiger partial charge in [-0.05, 0) is 31.0 Å². The smallest absolute Gasteiger partial charge is 0.335 e. The van der Waals surface area contributed by atoms with Crippen molar-refractivity contribution in [2.24, 2.45) is 5.92 Å². The van der Waals surface area contributed by atoms with Crippen molar-refractivity contribution in [3.8, 4) is 0 Å². The molecular formula is C19H21N3O5. The summed E-state index contributed by atoms with van der Waals surface area (Å²) < 4.78 is 0. The molecular weight excluding hydrogens is 350 g/mol. The number of urea groups is 1. The summed E-state index contributed by atoms with van der Waals surface area (Å²) in [6.07, 6.45) is 4.38. The molecule has 27 heavy (non-hydrogen) atoms. The molecule has 4 amide bonds. The van der Waals surface area contributed by atoms with Crippen LogP contribution in [0.2, 0.25) is 0 Å². The molecule has 0 radical (unpaired) electrons. The van der Waals surface area contributed by atoms with Gasteiger partial charge in [0.05, 0.1) is 5.56 Å². The highest BCUT2D eigenvalue weighted by atomic mass is 16.4. The minimum Gasteiger partial charge on any atom is -0.478 e. The summed E-state index contributed by atoms with van der Waals surface area (Å²) in [5.41, 5.74) is 0.543. The first-order valence-corrected chi connectivity index (χ1v) is 8.85. The van der Waals surface area contributed by atoms with Crippen molar-refractivity contribution in [3.05, 3.63) is 42.1 Å². The van der Waals surface area contributed by atoms with Crippen molar-refractivity contribution in [2.75, 3.05) is 5.32 Å². The maximum atomic E-state index is 12.9. The van der Waals surface area contributed by atoms with Crippen molar-refractivity contribution in [3.63, 3.8) is 0 Å². The lowest BCUT2D eigenvalue weighted by molar-refractivity contribution is -0.142. The van der Waals surface area contributed by atoms with Crippen LogP contribution in [0, 0.1) is 5.92 Å². The Bertz CT molecular complexity index is 813. The molecule has 8 heteroatoms. The van der Waals surface area contributed by atoms with Gasteiger partial charge in [0, 0.05) is 17.4 Å². The third-order valence-corrected chi connectivity index (χ3v) is 4.90. The van der Waals surface area contributed by atoms with E-state index < -0.39 is 29.7 Å². The van der Waals surface area contributed by atoms with Crippen LogP contribution >= 0.6 is 0 Å². The van der Waals surface area contributed by atoms with Gasteiger partial charge in [-0.2, -0.15) is 0 Å². The van der Waals surface area contributed by atoms with Gasteiger partial charge in [0.2, 0.25) is 11.8 Å². The molecule has 1 aliphatic carbocycles. The van der Waals surface area contributed by atoms with Crippen LogP contribution in [0.5, 0.6) is 0 Å². The SMILES string of the molecule is C=C(Nc1cccc(C(=O)O)c1)[C@H]1C(=O)NC(=O)N(C2CCCCC2)C1=O. The molecule has 1 aliphatic heterocycles. The zero-order chi connectivity index (χ0) is 19.6. The molecule has 0 aromatic heterocycles. The fraction of sp³-hybridized carbons (Fsp3) is 0.368. The highest BCUT2D eigenvalue weighted by molar-refractivity contribution is 6.18. The number of carboxylic acid groups (broad SMARTS) is 1. The van der Waals surface area contributed by atoms with Gasteiger partial charge in [-0.15, -0.1) is 0 Å². The summed E-state index contributed by atoms with van der Waals surface area (Å²) in [6.45, 7) is 3.78. The Hall–Kier alpha value is -3.16. The second kappa shape index (κ2) is 7.61. The number of amides is 4. The lowest BCUT2D eigenvalue weighted by atomic mass is 9.91. The summed E-state index contributed by atoms with van der Waals surface area (Å²) in [5.74, 6) is -3.67. The van der Waals surface area contributed by atoms with E-state index in [1.807, 2.05) is 0 Å². The van der Waals surface area contributed by atoms with Crippen molar-refractivity contribution in [1.29, 1.82) is 0 Å². The standard InChI is InChI=1S/C19H21N3O5/c1-11(20-13-7-5-6-12(10-13)18(25)26)15-16(23)21-19(27)22(17(15)24)14-8-3-2-4-9-14/h5-7,10,14-15,20H,1-4,8-9H2,(H,25,26)(H,21,23,27)/t15-/m0/s1. The van der Waals surface area contributed by atoms with Gasteiger partial charge in [-0.1, -0.05) is 31.9 Å². The molecule has 1 aromatic carbocycles. The largest absolute Gasteiger partial charge is 0.478 e.